The van der Waals surface area contributed by atoms with Crippen LogP contribution in [0.5, 0.6) is 17.2 Å². The number of hydrogen-bond acceptors (Lipinski definition) is 7. The van der Waals surface area contributed by atoms with Crippen LogP contribution < -0.4 is 9.47 Å². The Morgan fingerprint density at radius 2 is 1.72 bits per heavy atom. The Bertz CT molecular complexity index is 1210. The highest BCUT2D eigenvalue weighted by atomic mass is 16.5. The van der Waals surface area contributed by atoms with Crippen LogP contribution in [-0.2, 0) is 14.3 Å². The molecule has 1 aliphatic heterocycles. The molecular weight excluding hydrogens is 458 g/mol. The lowest BCUT2D eigenvalue weighted by Crippen LogP contribution is -2.41. The van der Waals surface area contributed by atoms with E-state index in [4.69, 9.17) is 19.2 Å². The highest BCUT2D eigenvalue weighted by molar-refractivity contribution is 6.12. The highest BCUT2D eigenvalue weighted by Crippen LogP contribution is 2.47. The molecule has 0 aromatic heterocycles. The van der Waals surface area contributed by atoms with Crippen molar-refractivity contribution in [3.05, 3.63) is 64.9 Å². The first-order chi connectivity index (χ1) is 17.2. The van der Waals surface area contributed by atoms with Crippen molar-refractivity contribution in [1.82, 2.24) is 0 Å². The molecule has 190 valence electrons. The maximum atomic E-state index is 13.7. The fraction of sp³-hybridized carbons (Fsp3) is 0.414. The van der Waals surface area contributed by atoms with Gasteiger partial charge in [0.1, 0.15) is 11.5 Å². The number of Topliss-reactive ketones (excluding diaryl/α,β-unsaturated/α-hetero) is 1. The molecule has 4 rings (SSSR count). The van der Waals surface area contributed by atoms with Gasteiger partial charge in [-0.05, 0) is 60.6 Å². The van der Waals surface area contributed by atoms with Crippen molar-refractivity contribution in [2.45, 2.75) is 45.4 Å². The van der Waals surface area contributed by atoms with Crippen molar-refractivity contribution >= 4 is 17.5 Å². The normalized spacial score (nSPS) is 21.7. The second-order valence-electron chi connectivity index (χ2n) is 9.83. The third kappa shape index (κ3) is 5.01. The molecule has 7 nitrogen and oxygen atoms in total. The summed E-state index contributed by atoms with van der Waals surface area (Å²) < 4.78 is 16.2. The number of carbonyl (C=O) groups is 2. The lowest BCUT2D eigenvalue weighted by atomic mass is 9.66. The Balaban J connectivity index is 1.77. The van der Waals surface area contributed by atoms with E-state index in [0.29, 0.717) is 29.7 Å². The fourth-order valence-corrected chi connectivity index (χ4v) is 5.12. The number of ketones is 1. The zero-order valence-corrected chi connectivity index (χ0v) is 21.4. The number of aliphatic imine (C=N–C) groups is 1. The topological polar surface area (TPSA) is 94.4 Å². The van der Waals surface area contributed by atoms with Crippen molar-refractivity contribution in [2.75, 3.05) is 20.8 Å². The largest absolute Gasteiger partial charge is 0.504 e. The summed E-state index contributed by atoms with van der Waals surface area (Å²) in [6.07, 6.45) is 0.954. The molecule has 0 bridgehead atoms. The summed E-state index contributed by atoms with van der Waals surface area (Å²) in [5, 5.41) is 10.2. The van der Waals surface area contributed by atoms with Crippen molar-refractivity contribution in [3.63, 3.8) is 0 Å². The van der Waals surface area contributed by atoms with Gasteiger partial charge in [-0.2, -0.15) is 0 Å². The van der Waals surface area contributed by atoms with Gasteiger partial charge in [-0.1, -0.05) is 32.0 Å². The average Bonchev–Trinajstić information content (AvgIpc) is 2.86. The zero-order valence-electron chi connectivity index (χ0n) is 21.4. The molecule has 1 heterocycles. The summed E-state index contributed by atoms with van der Waals surface area (Å²) in [5.74, 6) is -0.394. The SMILES string of the molecule is COc1ccc([C@@H]2CC(=O)[C@@H]3C(=NC(C)=C(C(=O)OCC(C)C)[C@H]3c3ccc(O)c(OC)c3)C2)cc1. The average molecular weight is 492 g/mol. The van der Waals surface area contributed by atoms with E-state index in [1.807, 2.05) is 38.1 Å². The number of phenols is 1. The molecule has 2 aromatic carbocycles. The van der Waals surface area contributed by atoms with Gasteiger partial charge < -0.3 is 19.3 Å². The predicted molar refractivity (Wildman–Crippen MR) is 137 cm³/mol. The van der Waals surface area contributed by atoms with E-state index in [0.717, 1.165) is 17.0 Å². The van der Waals surface area contributed by atoms with Gasteiger partial charge in [0.25, 0.3) is 0 Å². The molecule has 0 unspecified atom stereocenters. The first kappa shape index (κ1) is 25.5. The number of carbonyl (C=O) groups excluding carboxylic acids is 2. The Labute approximate surface area is 211 Å². The zero-order chi connectivity index (χ0) is 26.0. The maximum Gasteiger partial charge on any atom is 0.336 e. The molecule has 2 aromatic rings. The summed E-state index contributed by atoms with van der Waals surface area (Å²) >= 11 is 0. The minimum Gasteiger partial charge on any atom is -0.504 e. The molecule has 1 fully saturated rings. The number of benzene rings is 2. The highest BCUT2D eigenvalue weighted by Gasteiger charge is 2.46. The van der Waals surface area contributed by atoms with Crippen LogP contribution in [0.4, 0.5) is 0 Å². The molecule has 1 N–H and O–H groups in total. The van der Waals surface area contributed by atoms with Gasteiger partial charge in [0.2, 0.25) is 0 Å². The van der Waals surface area contributed by atoms with E-state index in [1.54, 1.807) is 26.2 Å². The smallest absolute Gasteiger partial charge is 0.336 e. The third-order valence-electron chi connectivity index (χ3n) is 6.87. The predicted octanol–water partition coefficient (Wildman–Crippen LogP) is 5.18. The number of rotatable bonds is 7. The van der Waals surface area contributed by atoms with Gasteiger partial charge >= 0.3 is 5.97 Å². The van der Waals surface area contributed by atoms with E-state index in [-0.39, 0.29) is 35.7 Å². The number of nitrogens with zero attached hydrogens (tertiary/aromatic N) is 1. The van der Waals surface area contributed by atoms with Crippen molar-refractivity contribution < 1.29 is 28.9 Å². The van der Waals surface area contributed by atoms with Crippen LogP contribution in [-0.4, -0.2) is 43.4 Å². The van der Waals surface area contributed by atoms with E-state index in [9.17, 15) is 14.7 Å². The van der Waals surface area contributed by atoms with Gasteiger partial charge in [0, 0.05) is 23.7 Å². The number of methoxy groups -OCH3 is 2. The van der Waals surface area contributed by atoms with Crippen molar-refractivity contribution in [1.29, 1.82) is 0 Å². The molecule has 3 atom stereocenters. The van der Waals surface area contributed by atoms with Crippen LogP contribution in [0.1, 0.15) is 56.6 Å². The molecule has 1 saturated carbocycles. The van der Waals surface area contributed by atoms with Crippen LogP contribution in [0.15, 0.2) is 58.7 Å². The van der Waals surface area contributed by atoms with Gasteiger partial charge in [-0.3, -0.25) is 9.79 Å². The van der Waals surface area contributed by atoms with Crippen molar-refractivity contribution in [2.24, 2.45) is 16.8 Å². The maximum absolute atomic E-state index is 13.7. The van der Waals surface area contributed by atoms with Crippen LogP contribution in [0, 0.1) is 11.8 Å². The Kier molecular flexibility index (Phi) is 7.48. The standard InChI is InChI=1S/C29H33NO6/c1-16(2)15-36-29(33)26-17(3)30-22-12-20(18-6-9-21(34-4)10-7-18)13-24(32)28(22)27(26)19-8-11-23(31)25(14-19)35-5/h6-11,14,16,20,27-28,31H,12-13,15H2,1-5H3/t20-,27+,28-/m0/s1. The van der Waals surface area contributed by atoms with Gasteiger partial charge in [0.05, 0.1) is 32.3 Å². The van der Waals surface area contributed by atoms with Crippen LogP contribution >= 0.6 is 0 Å². The van der Waals surface area contributed by atoms with E-state index in [2.05, 4.69) is 0 Å². The number of esters is 1. The summed E-state index contributed by atoms with van der Waals surface area (Å²) in [5.41, 5.74) is 3.46. The minimum absolute atomic E-state index is 0.00403. The second-order valence-corrected chi connectivity index (χ2v) is 9.83. The Morgan fingerprint density at radius 3 is 2.36 bits per heavy atom. The molecule has 7 heteroatoms. The van der Waals surface area contributed by atoms with Gasteiger partial charge in [0.15, 0.2) is 11.5 Å². The van der Waals surface area contributed by atoms with Gasteiger partial charge in [-0.25, -0.2) is 4.79 Å². The first-order valence-electron chi connectivity index (χ1n) is 12.2. The summed E-state index contributed by atoms with van der Waals surface area (Å²) in [7, 11) is 3.09. The van der Waals surface area contributed by atoms with Crippen LogP contribution in [0.2, 0.25) is 0 Å². The molecule has 2 aliphatic rings. The summed E-state index contributed by atoms with van der Waals surface area (Å²) in [6, 6.07) is 12.7. The van der Waals surface area contributed by atoms with Crippen LogP contribution in [0.3, 0.4) is 0 Å². The Morgan fingerprint density at radius 1 is 1.03 bits per heavy atom. The fourth-order valence-electron chi connectivity index (χ4n) is 5.12. The van der Waals surface area contributed by atoms with E-state index >= 15 is 0 Å². The molecule has 1 aliphatic carbocycles. The lowest BCUT2D eigenvalue weighted by molar-refractivity contribution is -0.140. The number of aromatic hydroxyl groups is 1. The second kappa shape index (κ2) is 10.6. The third-order valence-corrected chi connectivity index (χ3v) is 6.87. The quantitative estimate of drug-likeness (QED) is 0.536. The lowest BCUT2D eigenvalue weighted by Gasteiger charge is -2.38. The molecular formula is C29H33NO6. The summed E-state index contributed by atoms with van der Waals surface area (Å²) in [4.78, 5) is 31.8. The molecule has 0 spiro atoms. The number of hydrogen-bond donors (Lipinski definition) is 1. The van der Waals surface area contributed by atoms with Gasteiger partial charge in [-0.15, -0.1) is 0 Å². The minimum atomic E-state index is -0.584. The molecule has 36 heavy (non-hydrogen) atoms. The molecule has 0 radical (unpaired) electrons. The first-order valence-corrected chi connectivity index (χ1v) is 12.2. The van der Waals surface area contributed by atoms with Crippen molar-refractivity contribution in [3.8, 4) is 17.2 Å². The van der Waals surface area contributed by atoms with E-state index in [1.165, 1.54) is 13.2 Å². The number of ether oxygens (including phenoxy) is 3. The number of phenolic OH excluding ortho intramolecular Hbond substituents is 1. The number of fused-ring (bicyclic) bond motifs is 1. The monoisotopic (exact) mass is 491 g/mol. The molecule has 0 saturated heterocycles. The number of allylic oxidation sites excluding steroid dienone is 1. The van der Waals surface area contributed by atoms with E-state index < -0.39 is 17.8 Å². The molecule has 0 amide bonds. The Hall–Kier alpha value is -3.61. The summed E-state index contributed by atoms with van der Waals surface area (Å²) in [6.45, 7) is 6.01. The van der Waals surface area contributed by atoms with Crippen LogP contribution in [0.25, 0.3) is 0 Å².